The molecule has 1 N–H and O–H groups in total. The lowest BCUT2D eigenvalue weighted by atomic mass is 9.85. The van der Waals surface area contributed by atoms with Crippen molar-refractivity contribution in [2.24, 2.45) is 5.92 Å². The molecule has 22 heavy (non-hydrogen) atoms. The maximum atomic E-state index is 12.4. The fourth-order valence-corrected chi connectivity index (χ4v) is 3.00. The van der Waals surface area contributed by atoms with Crippen molar-refractivity contribution < 1.29 is 19.1 Å². The fraction of sp³-hybridized carbons (Fsp3) is 0.875. The highest BCUT2D eigenvalue weighted by molar-refractivity contribution is 5.79. The highest BCUT2D eigenvalue weighted by Crippen LogP contribution is 2.26. The summed E-state index contributed by atoms with van der Waals surface area (Å²) < 4.78 is 10.6. The largest absolute Gasteiger partial charge is 0.444 e. The smallest absolute Gasteiger partial charge is 0.407 e. The monoisotopic (exact) mass is 312 g/mol. The lowest BCUT2D eigenvalue weighted by Crippen LogP contribution is -2.46. The van der Waals surface area contributed by atoms with E-state index in [9.17, 15) is 9.59 Å². The molecule has 6 heteroatoms. The first kappa shape index (κ1) is 17.1. The summed E-state index contributed by atoms with van der Waals surface area (Å²) in [4.78, 5) is 26.1. The molecule has 0 spiro atoms. The van der Waals surface area contributed by atoms with Gasteiger partial charge in [-0.2, -0.15) is 0 Å². The molecule has 0 atom stereocenters. The van der Waals surface area contributed by atoms with E-state index >= 15 is 0 Å². The predicted molar refractivity (Wildman–Crippen MR) is 82.5 cm³/mol. The number of alkyl carbamates (subject to hydrolysis) is 1. The second kappa shape index (κ2) is 7.31. The predicted octanol–water partition coefficient (Wildman–Crippen LogP) is 1.93. The molecule has 2 amide bonds. The van der Waals surface area contributed by atoms with Crippen molar-refractivity contribution in [3.63, 3.8) is 0 Å². The van der Waals surface area contributed by atoms with Crippen LogP contribution in [0.3, 0.4) is 0 Å². The highest BCUT2D eigenvalue weighted by atomic mass is 16.6. The lowest BCUT2D eigenvalue weighted by Gasteiger charge is -2.34. The van der Waals surface area contributed by atoms with E-state index in [0.29, 0.717) is 26.3 Å². The van der Waals surface area contributed by atoms with Gasteiger partial charge in [0.15, 0.2) is 0 Å². The van der Waals surface area contributed by atoms with Gasteiger partial charge in [0.2, 0.25) is 5.91 Å². The van der Waals surface area contributed by atoms with Crippen molar-refractivity contribution in [1.82, 2.24) is 10.2 Å². The first-order chi connectivity index (χ1) is 10.3. The van der Waals surface area contributed by atoms with Gasteiger partial charge in [-0.05, 0) is 46.5 Å². The van der Waals surface area contributed by atoms with Gasteiger partial charge in [-0.15, -0.1) is 0 Å². The molecule has 1 aliphatic heterocycles. The van der Waals surface area contributed by atoms with Crippen LogP contribution in [0.5, 0.6) is 0 Å². The first-order valence-electron chi connectivity index (χ1n) is 8.21. The Labute approximate surface area is 132 Å². The number of ether oxygens (including phenoxy) is 2. The molecule has 1 saturated heterocycles. The van der Waals surface area contributed by atoms with Crippen LogP contribution in [0.15, 0.2) is 0 Å². The molecule has 126 valence electrons. The molecule has 2 fully saturated rings. The van der Waals surface area contributed by atoms with Crippen LogP contribution < -0.4 is 5.32 Å². The van der Waals surface area contributed by atoms with E-state index in [1.807, 2.05) is 25.7 Å². The molecular weight excluding hydrogens is 284 g/mol. The maximum absolute atomic E-state index is 12.4. The quantitative estimate of drug-likeness (QED) is 0.846. The van der Waals surface area contributed by atoms with Crippen LogP contribution >= 0.6 is 0 Å². The first-order valence-corrected chi connectivity index (χ1v) is 8.21. The van der Waals surface area contributed by atoms with E-state index in [1.165, 1.54) is 0 Å². The average Bonchev–Trinajstić information content (AvgIpc) is 2.46. The number of morpholine rings is 1. The van der Waals surface area contributed by atoms with Crippen LogP contribution in [-0.4, -0.2) is 54.8 Å². The Bertz CT molecular complexity index is 391. The summed E-state index contributed by atoms with van der Waals surface area (Å²) in [6.45, 7) is 8.24. The standard InChI is InChI=1S/C16H28N2O4/c1-16(2,3)22-15(20)17-13-6-4-12(5-7-13)14(19)18-8-10-21-11-9-18/h12-13H,4-11H2,1-3H3,(H,17,20). The van der Waals surface area contributed by atoms with E-state index in [4.69, 9.17) is 9.47 Å². The zero-order valence-corrected chi connectivity index (χ0v) is 13.9. The second-order valence-corrected chi connectivity index (χ2v) is 7.13. The highest BCUT2D eigenvalue weighted by Gasteiger charge is 2.31. The van der Waals surface area contributed by atoms with E-state index in [-0.39, 0.29) is 24.0 Å². The number of hydrogen-bond donors (Lipinski definition) is 1. The van der Waals surface area contributed by atoms with Gasteiger partial charge in [0.25, 0.3) is 0 Å². The van der Waals surface area contributed by atoms with Gasteiger partial charge in [0.1, 0.15) is 5.60 Å². The summed E-state index contributed by atoms with van der Waals surface area (Å²) in [6.07, 6.45) is 2.96. The van der Waals surface area contributed by atoms with Gasteiger partial charge in [0.05, 0.1) is 13.2 Å². The Morgan fingerprint density at radius 1 is 1.09 bits per heavy atom. The third kappa shape index (κ3) is 5.16. The number of rotatable bonds is 2. The lowest BCUT2D eigenvalue weighted by molar-refractivity contribution is -0.140. The number of carbonyl (C=O) groups is 2. The Hall–Kier alpha value is -1.30. The number of nitrogens with zero attached hydrogens (tertiary/aromatic N) is 1. The number of amides is 2. The zero-order chi connectivity index (χ0) is 16.2. The number of nitrogens with one attached hydrogen (secondary N) is 1. The Morgan fingerprint density at radius 2 is 1.68 bits per heavy atom. The molecule has 1 saturated carbocycles. The molecular formula is C16H28N2O4. The molecule has 0 radical (unpaired) electrons. The summed E-state index contributed by atoms with van der Waals surface area (Å²) in [7, 11) is 0. The average molecular weight is 312 g/mol. The molecule has 0 aromatic heterocycles. The van der Waals surface area contributed by atoms with Gasteiger partial charge in [-0.1, -0.05) is 0 Å². The fourth-order valence-electron chi connectivity index (χ4n) is 3.00. The molecule has 0 bridgehead atoms. The Kier molecular flexibility index (Phi) is 5.67. The summed E-state index contributed by atoms with van der Waals surface area (Å²) in [5.74, 6) is 0.341. The number of carbonyl (C=O) groups excluding carboxylic acids is 2. The molecule has 2 aliphatic rings. The molecule has 2 rings (SSSR count). The van der Waals surface area contributed by atoms with Gasteiger partial charge < -0.3 is 19.7 Å². The van der Waals surface area contributed by atoms with E-state index in [0.717, 1.165) is 25.7 Å². The van der Waals surface area contributed by atoms with Crippen LogP contribution in [0.4, 0.5) is 4.79 Å². The third-order valence-electron chi connectivity index (χ3n) is 4.12. The van der Waals surface area contributed by atoms with E-state index in [1.54, 1.807) is 0 Å². The molecule has 1 heterocycles. The Morgan fingerprint density at radius 3 is 2.23 bits per heavy atom. The maximum Gasteiger partial charge on any atom is 0.407 e. The summed E-state index contributed by atoms with van der Waals surface area (Å²) in [5, 5.41) is 2.91. The summed E-state index contributed by atoms with van der Waals surface area (Å²) >= 11 is 0. The van der Waals surface area contributed by atoms with Crippen LogP contribution in [0.2, 0.25) is 0 Å². The van der Waals surface area contributed by atoms with Crippen LogP contribution in [0, 0.1) is 5.92 Å². The minimum absolute atomic E-state index is 0.0924. The topological polar surface area (TPSA) is 67.9 Å². The Balaban J connectivity index is 1.73. The molecule has 0 aromatic carbocycles. The van der Waals surface area contributed by atoms with E-state index < -0.39 is 5.60 Å². The number of hydrogen-bond acceptors (Lipinski definition) is 4. The molecule has 1 aliphatic carbocycles. The van der Waals surface area contributed by atoms with Crippen molar-refractivity contribution in [3.05, 3.63) is 0 Å². The van der Waals surface area contributed by atoms with Gasteiger partial charge in [0, 0.05) is 25.0 Å². The van der Waals surface area contributed by atoms with Crippen LogP contribution in [0.25, 0.3) is 0 Å². The van der Waals surface area contributed by atoms with Crippen molar-refractivity contribution in [2.45, 2.75) is 58.1 Å². The van der Waals surface area contributed by atoms with E-state index in [2.05, 4.69) is 5.32 Å². The van der Waals surface area contributed by atoms with Crippen LogP contribution in [-0.2, 0) is 14.3 Å². The van der Waals surface area contributed by atoms with Crippen molar-refractivity contribution in [2.75, 3.05) is 26.3 Å². The molecule has 6 nitrogen and oxygen atoms in total. The van der Waals surface area contributed by atoms with Gasteiger partial charge >= 0.3 is 6.09 Å². The minimum atomic E-state index is -0.479. The van der Waals surface area contributed by atoms with Crippen molar-refractivity contribution >= 4 is 12.0 Å². The van der Waals surface area contributed by atoms with Gasteiger partial charge in [-0.25, -0.2) is 4.79 Å². The van der Waals surface area contributed by atoms with Crippen LogP contribution in [0.1, 0.15) is 46.5 Å². The third-order valence-corrected chi connectivity index (χ3v) is 4.12. The van der Waals surface area contributed by atoms with Gasteiger partial charge in [-0.3, -0.25) is 4.79 Å². The zero-order valence-electron chi connectivity index (χ0n) is 13.9. The normalized spacial score (nSPS) is 26.4. The summed E-state index contributed by atoms with van der Waals surface area (Å²) in [5.41, 5.74) is -0.479. The SMILES string of the molecule is CC(C)(C)OC(=O)NC1CCC(C(=O)N2CCOCC2)CC1. The molecule has 0 aromatic rings. The van der Waals surface area contributed by atoms with Crippen molar-refractivity contribution in [1.29, 1.82) is 0 Å². The summed E-state index contributed by atoms with van der Waals surface area (Å²) in [6, 6.07) is 0.114. The minimum Gasteiger partial charge on any atom is -0.444 e. The van der Waals surface area contributed by atoms with Crippen molar-refractivity contribution in [3.8, 4) is 0 Å². The second-order valence-electron chi connectivity index (χ2n) is 7.13. The molecule has 0 unspecified atom stereocenters.